The zero-order valence-electron chi connectivity index (χ0n) is 7.68. The molecule has 0 saturated carbocycles. The fourth-order valence-electron chi connectivity index (χ4n) is 1.94. The van der Waals surface area contributed by atoms with Crippen LogP contribution in [-0.2, 0) is 12.8 Å². The molecule has 0 saturated heterocycles. The maximum Gasteiger partial charge on any atom is 0.0108 e. The summed E-state index contributed by atoms with van der Waals surface area (Å²) in [6, 6.07) is 0.714. The van der Waals surface area contributed by atoms with E-state index in [0.29, 0.717) is 6.04 Å². The summed E-state index contributed by atoms with van der Waals surface area (Å²) in [4.78, 5) is 1.52. The monoisotopic (exact) mass is 181 g/mol. The van der Waals surface area contributed by atoms with Crippen molar-refractivity contribution in [1.82, 2.24) is 5.32 Å². The summed E-state index contributed by atoms with van der Waals surface area (Å²) in [5.41, 5.74) is 3.22. The molecule has 2 rings (SSSR count). The molecule has 0 aliphatic heterocycles. The summed E-state index contributed by atoms with van der Waals surface area (Å²) in [5, 5.41) is 5.70. The maximum absolute atomic E-state index is 3.37. The highest BCUT2D eigenvalue weighted by Gasteiger charge is 2.19. The second kappa shape index (κ2) is 3.19. The van der Waals surface area contributed by atoms with Gasteiger partial charge in [0.05, 0.1) is 0 Å². The molecule has 1 aliphatic rings. The van der Waals surface area contributed by atoms with Gasteiger partial charge in [-0.3, -0.25) is 0 Å². The molecule has 1 aromatic heterocycles. The van der Waals surface area contributed by atoms with Gasteiger partial charge in [0.15, 0.2) is 0 Å². The number of aryl methyl sites for hydroxylation is 2. The quantitative estimate of drug-likeness (QED) is 0.700. The van der Waals surface area contributed by atoms with E-state index < -0.39 is 0 Å². The van der Waals surface area contributed by atoms with E-state index in [1.54, 1.807) is 11.1 Å². The molecule has 1 nitrogen and oxygen atoms in total. The lowest BCUT2D eigenvalue weighted by Gasteiger charge is -2.22. The van der Waals surface area contributed by atoms with Crippen molar-refractivity contribution in [2.24, 2.45) is 0 Å². The van der Waals surface area contributed by atoms with Gasteiger partial charge in [0, 0.05) is 10.9 Å². The van der Waals surface area contributed by atoms with Crippen LogP contribution in [0.15, 0.2) is 5.38 Å². The third-order valence-corrected chi connectivity index (χ3v) is 3.81. The maximum atomic E-state index is 3.37. The number of nitrogens with one attached hydrogen (secondary N) is 1. The first-order chi connectivity index (χ1) is 5.81. The van der Waals surface area contributed by atoms with Crippen LogP contribution in [-0.4, -0.2) is 13.1 Å². The molecule has 1 atom stereocenters. The van der Waals surface area contributed by atoms with E-state index >= 15 is 0 Å². The Hall–Kier alpha value is -0.340. The SMILES string of the molecule is CNC1CCc2csc(C)c2C1. The van der Waals surface area contributed by atoms with Gasteiger partial charge in [-0.2, -0.15) is 0 Å². The van der Waals surface area contributed by atoms with E-state index in [1.807, 2.05) is 11.3 Å². The van der Waals surface area contributed by atoms with Crippen molar-refractivity contribution >= 4 is 11.3 Å². The first kappa shape index (κ1) is 8.27. The predicted molar refractivity (Wildman–Crippen MR) is 53.9 cm³/mol. The van der Waals surface area contributed by atoms with Crippen LogP contribution in [0.4, 0.5) is 0 Å². The van der Waals surface area contributed by atoms with Crippen LogP contribution in [0.1, 0.15) is 22.4 Å². The van der Waals surface area contributed by atoms with E-state index in [9.17, 15) is 0 Å². The Morgan fingerprint density at radius 3 is 3.17 bits per heavy atom. The summed E-state index contributed by atoms with van der Waals surface area (Å²) in [5.74, 6) is 0. The fourth-order valence-corrected chi connectivity index (χ4v) is 2.87. The topological polar surface area (TPSA) is 12.0 Å². The van der Waals surface area contributed by atoms with Crippen LogP contribution >= 0.6 is 11.3 Å². The Labute approximate surface area is 77.8 Å². The first-order valence-electron chi connectivity index (χ1n) is 4.54. The molecule has 1 unspecified atom stereocenters. The van der Waals surface area contributed by atoms with Gasteiger partial charge >= 0.3 is 0 Å². The van der Waals surface area contributed by atoms with Crippen molar-refractivity contribution in [3.05, 3.63) is 21.4 Å². The van der Waals surface area contributed by atoms with Gasteiger partial charge in [0.1, 0.15) is 0 Å². The van der Waals surface area contributed by atoms with E-state index in [4.69, 9.17) is 0 Å². The van der Waals surface area contributed by atoms with Crippen molar-refractivity contribution in [2.45, 2.75) is 32.2 Å². The molecular formula is C10H15NS. The molecule has 2 heteroatoms. The Balaban J connectivity index is 2.26. The lowest BCUT2D eigenvalue weighted by molar-refractivity contribution is 0.497. The molecular weight excluding hydrogens is 166 g/mol. The zero-order chi connectivity index (χ0) is 8.55. The minimum atomic E-state index is 0.714. The standard InChI is InChI=1S/C10H15NS/c1-7-10-5-9(11-2)4-3-8(10)6-12-7/h6,9,11H,3-5H2,1-2H3. The second-order valence-electron chi connectivity index (χ2n) is 3.52. The fraction of sp³-hybridized carbons (Fsp3) is 0.600. The van der Waals surface area contributed by atoms with Crippen LogP contribution < -0.4 is 5.32 Å². The van der Waals surface area contributed by atoms with Crippen molar-refractivity contribution in [3.63, 3.8) is 0 Å². The van der Waals surface area contributed by atoms with Crippen LogP contribution in [0, 0.1) is 6.92 Å². The van der Waals surface area contributed by atoms with Crippen molar-refractivity contribution < 1.29 is 0 Å². The van der Waals surface area contributed by atoms with Crippen LogP contribution in [0.5, 0.6) is 0 Å². The van der Waals surface area contributed by atoms with Gasteiger partial charge < -0.3 is 5.32 Å². The van der Waals surface area contributed by atoms with E-state index in [2.05, 4.69) is 24.7 Å². The van der Waals surface area contributed by atoms with Crippen LogP contribution in [0.3, 0.4) is 0 Å². The van der Waals surface area contributed by atoms with E-state index in [0.717, 1.165) is 0 Å². The summed E-state index contributed by atoms with van der Waals surface area (Å²) in [6.45, 7) is 2.24. The average molecular weight is 181 g/mol. The van der Waals surface area contributed by atoms with Gasteiger partial charge in [-0.1, -0.05) is 0 Å². The van der Waals surface area contributed by atoms with Crippen LogP contribution in [0.2, 0.25) is 0 Å². The highest BCUT2D eigenvalue weighted by molar-refractivity contribution is 7.10. The summed E-state index contributed by atoms with van der Waals surface area (Å²) < 4.78 is 0. The van der Waals surface area contributed by atoms with Crippen molar-refractivity contribution in [3.8, 4) is 0 Å². The van der Waals surface area contributed by atoms with Crippen molar-refractivity contribution in [1.29, 1.82) is 0 Å². The van der Waals surface area contributed by atoms with Gasteiger partial charge in [-0.05, 0) is 49.7 Å². The number of hydrogen-bond acceptors (Lipinski definition) is 2. The minimum absolute atomic E-state index is 0.714. The Bertz CT molecular complexity index is 277. The smallest absolute Gasteiger partial charge is 0.0108 e. The molecule has 0 aromatic carbocycles. The highest BCUT2D eigenvalue weighted by atomic mass is 32.1. The number of hydrogen-bond donors (Lipinski definition) is 1. The Morgan fingerprint density at radius 2 is 2.42 bits per heavy atom. The molecule has 1 N–H and O–H groups in total. The minimum Gasteiger partial charge on any atom is -0.317 e. The van der Waals surface area contributed by atoms with E-state index in [-0.39, 0.29) is 0 Å². The van der Waals surface area contributed by atoms with Crippen molar-refractivity contribution in [2.75, 3.05) is 7.05 Å². The molecule has 1 heterocycles. The molecule has 0 amide bonds. The summed E-state index contributed by atoms with van der Waals surface area (Å²) in [6.07, 6.45) is 3.81. The van der Waals surface area contributed by atoms with Gasteiger partial charge in [-0.15, -0.1) is 11.3 Å². The largest absolute Gasteiger partial charge is 0.317 e. The molecule has 0 bridgehead atoms. The first-order valence-corrected chi connectivity index (χ1v) is 5.42. The lowest BCUT2D eigenvalue weighted by atomic mass is 9.90. The number of fused-ring (bicyclic) bond motifs is 1. The summed E-state index contributed by atoms with van der Waals surface area (Å²) in [7, 11) is 2.07. The molecule has 0 spiro atoms. The average Bonchev–Trinajstić information content (AvgIpc) is 2.47. The number of thiophene rings is 1. The molecule has 0 radical (unpaired) electrons. The predicted octanol–water partition coefficient (Wildman–Crippen LogP) is 2.13. The molecule has 1 aromatic rings. The number of rotatable bonds is 1. The third-order valence-electron chi connectivity index (χ3n) is 2.81. The molecule has 0 fully saturated rings. The lowest BCUT2D eigenvalue weighted by Crippen LogP contribution is -2.31. The Kier molecular flexibility index (Phi) is 2.20. The summed E-state index contributed by atoms with van der Waals surface area (Å²) >= 11 is 1.90. The zero-order valence-corrected chi connectivity index (χ0v) is 8.50. The van der Waals surface area contributed by atoms with Crippen LogP contribution in [0.25, 0.3) is 0 Å². The third kappa shape index (κ3) is 1.29. The van der Waals surface area contributed by atoms with Gasteiger partial charge in [0.2, 0.25) is 0 Å². The molecule has 12 heavy (non-hydrogen) atoms. The highest BCUT2D eigenvalue weighted by Crippen LogP contribution is 2.28. The van der Waals surface area contributed by atoms with Gasteiger partial charge in [0.25, 0.3) is 0 Å². The molecule has 66 valence electrons. The normalized spacial score (nSPS) is 22.3. The number of likely N-dealkylation sites (N-methyl/N-ethyl adjacent to an activating group) is 1. The van der Waals surface area contributed by atoms with E-state index in [1.165, 1.54) is 24.1 Å². The second-order valence-corrected chi connectivity index (χ2v) is 4.61. The van der Waals surface area contributed by atoms with Gasteiger partial charge in [-0.25, -0.2) is 0 Å². The Morgan fingerprint density at radius 1 is 1.58 bits per heavy atom. The molecule has 1 aliphatic carbocycles.